The van der Waals surface area contributed by atoms with E-state index in [9.17, 15) is 14.4 Å². The normalized spacial score (nSPS) is 10.6. The number of hydrazine groups is 1. The Morgan fingerprint density at radius 1 is 1.00 bits per heavy atom. The number of carbonyl (C=O) groups excluding carboxylic acids is 2. The van der Waals surface area contributed by atoms with Crippen molar-refractivity contribution in [3.63, 3.8) is 0 Å². The third kappa shape index (κ3) is 4.65. The van der Waals surface area contributed by atoms with Crippen molar-refractivity contribution in [2.24, 2.45) is 0 Å². The number of hydrogen-bond donors (Lipinski definition) is 2. The largest absolute Gasteiger partial charge is 0.483 e. The number of benzene rings is 2. The van der Waals surface area contributed by atoms with E-state index in [0.717, 1.165) is 12.0 Å². The second-order valence-corrected chi connectivity index (χ2v) is 6.67. The van der Waals surface area contributed by atoms with E-state index in [2.05, 4.69) is 16.0 Å². The lowest BCUT2D eigenvalue weighted by molar-refractivity contribution is -0.123. The average molecular weight is 408 g/mol. The fraction of sp³-hybridized carbons (Fsp3) is 0.273. The van der Waals surface area contributed by atoms with Gasteiger partial charge in [0.15, 0.2) is 12.3 Å². The van der Waals surface area contributed by atoms with E-state index < -0.39 is 11.8 Å². The van der Waals surface area contributed by atoms with E-state index >= 15 is 0 Å². The molecule has 3 rings (SSSR count). The van der Waals surface area contributed by atoms with Crippen LogP contribution >= 0.6 is 0 Å². The minimum Gasteiger partial charge on any atom is -0.483 e. The first-order chi connectivity index (χ1) is 14.5. The molecule has 0 aliphatic carbocycles. The number of carbonyl (C=O) groups is 2. The Hall–Kier alpha value is -3.68. The molecule has 0 atom stereocenters. The van der Waals surface area contributed by atoms with Crippen molar-refractivity contribution < 1.29 is 14.3 Å². The third-order valence-corrected chi connectivity index (χ3v) is 4.55. The molecule has 0 bridgehead atoms. The van der Waals surface area contributed by atoms with Crippen molar-refractivity contribution in [2.75, 3.05) is 6.61 Å². The number of aromatic nitrogens is 2. The van der Waals surface area contributed by atoms with Crippen LogP contribution in [0.4, 0.5) is 0 Å². The topological polar surface area (TPSA) is 102 Å². The molecule has 0 radical (unpaired) electrons. The van der Waals surface area contributed by atoms with Gasteiger partial charge in [-0.25, -0.2) is 4.68 Å². The summed E-state index contributed by atoms with van der Waals surface area (Å²) in [5, 5.41) is 5.02. The molecule has 0 aliphatic heterocycles. The van der Waals surface area contributed by atoms with Gasteiger partial charge in [0, 0.05) is 11.9 Å². The number of fused-ring (bicyclic) bond motifs is 1. The first-order valence-electron chi connectivity index (χ1n) is 9.84. The molecule has 8 nitrogen and oxygen atoms in total. The maximum absolute atomic E-state index is 12.7. The van der Waals surface area contributed by atoms with E-state index in [1.165, 1.54) is 4.68 Å². The molecule has 1 heterocycles. The monoisotopic (exact) mass is 408 g/mol. The molecule has 2 amide bonds. The highest BCUT2D eigenvalue weighted by Crippen LogP contribution is 2.18. The van der Waals surface area contributed by atoms with E-state index in [-0.39, 0.29) is 17.9 Å². The standard InChI is InChI=1S/C22H24N4O4/c1-3-13-26-22(29)17-11-7-6-10-16(17)20(25-26)21(28)24-23-19(27)14-30-18-12-8-5-9-15(18)4-2/h5-12H,3-4,13-14H2,1-2H3,(H,23,27)(H,24,28). The van der Waals surface area contributed by atoms with Gasteiger partial charge in [0.05, 0.1) is 5.39 Å². The van der Waals surface area contributed by atoms with Gasteiger partial charge in [-0.05, 0) is 30.5 Å². The Bertz CT molecular complexity index is 1120. The highest BCUT2D eigenvalue weighted by atomic mass is 16.5. The van der Waals surface area contributed by atoms with Crippen molar-refractivity contribution in [1.82, 2.24) is 20.6 Å². The Morgan fingerprint density at radius 3 is 2.43 bits per heavy atom. The van der Waals surface area contributed by atoms with Crippen LogP contribution in [0.1, 0.15) is 36.3 Å². The molecule has 3 aromatic rings. The summed E-state index contributed by atoms with van der Waals surface area (Å²) >= 11 is 0. The smallest absolute Gasteiger partial charge is 0.290 e. The predicted octanol–water partition coefficient (Wildman–Crippen LogP) is 2.21. The minimum absolute atomic E-state index is 0.0659. The molecular formula is C22H24N4O4. The third-order valence-electron chi connectivity index (χ3n) is 4.55. The number of nitrogens with one attached hydrogen (secondary N) is 2. The number of para-hydroxylation sites is 1. The predicted molar refractivity (Wildman–Crippen MR) is 113 cm³/mol. The Morgan fingerprint density at radius 2 is 1.70 bits per heavy atom. The summed E-state index contributed by atoms with van der Waals surface area (Å²) in [6, 6.07) is 14.2. The zero-order valence-corrected chi connectivity index (χ0v) is 17.0. The van der Waals surface area contributed by atoms with Gasteiger partial charge < -0.3 is 4.74 Å². The molecule has 0 saturated heterocycles. The maximum Gasteiger partial charge on any atom is 0.290 e. The van der Waals surface area contributed by atoms with Gasteiger partial charge in [-0.3, -0.25) is 25.2 Å². The molecule has 30 heavy (non-hydrogen) atoms. The summed E-state index contributed by atoms with van der Waals surface area (Å²) in [4.78, 5) is 37.3. The van der Waals surface area contributed by atoms with Crippen LogP contribution in [-0.2, 0) is 17.8 Å². The molecule has 0 saturated carbocycles. The zero-order chi connectivity index (χ0) is 21.5. The van der Waals surface area contributed by atoms with Gasteiger partial charge in [0.1, 0.15) is 5.75 Å². The van der Waals surface area contributed by atoms with Crippen molar-refractivity contribution >= 4 is 22.6 Å². The SMILES string of the molecule is CCCn1nc(C(=O)NNC(=O)COc2ccccc2CC)c2ccccc2c1=O. The summed E-state index contributed by atoms with van der Waals surface area (Å²) in [6.45, 7) is 4.06. The number of ether oxygens (including phenoxy) is 1. The van der Waals surface area contributed by atoms with E-state index in [1.807, 2.05) is 32.0 Å². The summed E-state index contributed by atoms with van der Waals surface area (Å²) in [5.74, 6) is -0.500. The van der Waals surface area contributed by atoms with Crippen molar-refractivity contribution in [3.05, 3.63) is 70.1 Å². The molecule has 156 valence electrons. The van der Waals surface area contributed by atoms with Crippen molar-refractivity contribution in [2.45, 2.75) is 33.2 Å². The number of amides is 2. The Kier molecular flexibility index (Phi) is 6.79. The summed E-state index contributed by atoms with van der Waals surface area (Å²) in [5.41, 5.74) is 5.48. The average Bonchev–Trinajstić information content (AvgIpc) is 2.78. The second kappa shape index (κ2) is 9.69. The van der Waals surface area contributed by atoms with Crippen molar-refractivity contribution in [1.29, 1.82) is 0 Å². The van der Waals surface area contributed by atoms with Crippen LogP contribution in [0.15, 0.2) is 53.3 Å². The highest BCUT2D eigenvalue weighted by Gasteiger charge is 2.17. The molecule has 0 fully saturated rings. The molecule has 0 aliphatic rings. The zero-order valence-electron chi connectivity index (χ0n) is 17.0. The molecule has 8 heteroatoms. The molecule has 1 aromatic heterocycles. The number of nitrogens with zero attached hydrogens (tertiary/aromatic N) is 2. The second-order valence-electron chi connectivity index (χ2n) is 6.67. The Labute approximate surface area is 173 Å². The van der Waals surface area contributed by atoms with Crippen molar-refractivity contribution in [3.8, 4) is 5.75 Å². The summed E-state index contributed by atoms with van der Waals surface area (Å²) in [6.07, 6.45) is 1.47. The van der Waals surface area contributed by atoms with Gasteiger partial charge in [-0.15, -0.1) is 0 Å². The van der Waals surface area contributed by atoms with Gasteiger partial charge in [0.25, 0.3) is 17.4 Å². The van der Waals surface area contributed by atoms with E-state index in [0.29, 0.717) is 29.5 Å². The number of hydrogen-bond acceptors (Lipinski definition) is 5. The molecule has 0 unspecified atom stereocenters. The summed E-state index contributed by atoms with van der Waals surface area (Å²) < 4.78 is 6.81. The van der Waals surface area contributed by atoms with Crippen LogP contribution in [0.3, 0.4) is 0 Å². The van der Waals surface area contributed by atoms with E-state index in [1.54, 1.807) is 30.3 Å². The molecular weight excluding hydrogens is 384 g/mol. The number of rotatable bonds is 7. The van der Waals surface area contributed by atoms with Crippen LogP contribution in [0.5, 0.6) is 5.75 Å². The highest BCUT2D eigenvalue weighted by molar-refractivity contribution is 6.05. The van der Waals surface area contributed by atoms with Crippen LogP contribution in [0, 0.1) is 0 Å². The number of aryl methyl sites for hydroxylation is 2. The fourth-order valence-corrected chi connectivity index (χ4v) is 3.07. The first kappa shape index (κ1) is 21.0. The fourth-order valence-electron chi connectivity index (χ4n) is 3.07. The Balaban J connectivity index is 1.70. The van der Waals surface area contributed by atoms with E-state index in [4.69, 9.17) is 4.74 Å². The minimum atomic E-state index is -0.613. The summed E-state index contributed by atoms with van der Waals surface area (Å²) in [7, 11) is 0. The lowest BCUT2D eigenvalue weighted by Gasteiger charge is -2.12. The lowest BCUT2D eigenvalue weighted by Crippen LogP contribution is -2.44. The molecule has 2 aromatic carbocycles. The van der Waals surface area contributed by atoms with Crippen LogP contribution in [0.25, 0.3) is 10.8 Å². The lowest BCUT2D eigenvalue weighted by atomic mass is 10.1. The van der Waals surface area contributed by atoms with Gasteiger partial charge in [0.2, 0.25) is 0 Å². The van der Waals surface area contributed by atoms with Gasteiger partial charge in [-0.1, -0.05) is 50.2 Å². The van der Waals surface area contributed by atoms with Crippen LogP contribution in [-0.4, -0.2) is 28.2 Å². The van der Waals surface area contributed by atoms with Crippen LogP contribution < -0.4 is 21.1 Å². The van der Waals surface area contributed by atoms with Crippen LogP contribution in [0.2, 0.25) is 0 Å². The maximum atomic E-state index is 12.7. The quantitative estimate of drug-likeness (QED) is 0.584. The van der Waals surface area contributed by atoms with Gasteiger partial charge in [-0.2, -0.15) is 5.10 Å². The molecule has 2 N–H and O–H groups in total. The first-order valence-corrected chi connectivity index (χ1v) is 9.84. The van der Waals surface area contributed by atoms with Gasteiger partial charge >= 0.3 is 0 Å². The molecule has 0 spiro atoms.